The number of nitrogens with two attached hydrogens (primary N) is 1. The zero-order valence-electron chi connectivity index (χ0n) is 10.2. The minimum absolute atomic E-state index is 0.0442. The molecule has 7 heteroatoms. The maximum atomic E-state index is 5.73. The van der Waals surface area contributed by atoms with E-state index in [-0.39, 0.29) is 6.10 Å². The zero-order chi connectivity index (χ0) is 12.5. The van der Waals surface area contributed by atoms with Gasteiger partial charge in [0, 0.05) is 18.5 Å². The molecule has 1 atom stereocenters. The Morgan fingerprint density at radius 3 is 3.11 bits per heavy atom. The topological polar surface area (TPSA) is 78.9 Å². The van der Waals surface area contributed by atoms with Crippen LogP contribution in [0.3, 0.4) is 0 Å². The van der Waals surface area contributed by atoms with Crippen LogP contribution >= 0.6 is 11.3 Å². The fourth-order valence-electron chi connectivity index (χ4n) is 2.16. The van der Waals surface area contributed by atoms with Gasteiger partial charge in [0.2, 0.25) is 5.13 Å². The highest BCUT2D eigenvalue weighted by Gasteiger charge is 2.27. The van der Waals surface area contributed by atoms with Crippen molar-refractivity contribution in [3.05, 3.63) is 22.5 Å². The molecule has 1 aliphatic rings. The van der Waals surface area contributed by atoms with E-state index >= 15 is 0 Å². The summed E-state index contributed by atoms with van der Waals surface area (Å²) < 4.78 is 7.50. The van der Waals surface area contributed by atoms with E-state index < -0.39 is 0 Å². The van der Waals surface area contributed by atoms with Crippen molar-refractivity contribution in [3.8, 4) is 5.13 Å². The van der Waals surface area contributed by atoms with Crippen LogP contribution in [0.25, 0.3) is 5.13 Å². The maximum absolute atomic E-state index is 5.73. The van der Waals surface area contributed by atoms with Crippen LogP contribution in [0.15, 0.2) is 5.38 Å². The smallest absolute Gasteiger partial charge is 0.212 e. The first-order valence-corrected chi connectivity index (χ1v) is 6.86. The standard InChI is InChI=1S/C11H15N5OS/c1-7-6-18-11(13-7)16-10(8(5-12)14-15-16)9-3-2-4-17-9/h6,9H,2-5,12H2,1H3. The molecule has 6 nitrogen and oxygen atoms in total. The van der Waals surface area contributed by atoms with Gasteiger partial charge in [-0.1, -0.05) is 5.21 Å². The van der Waals surface area contributed by atoms with Crippen LogP contribution in [0.1, 0.15) is 36.0 Å². The van der Waals surface area contributed by atoms with Gasteiger partial charge in [-0.15, -0.1) is 16.4 Å². The highest BCUT2D eigenvalue weighted by Crippen LogP contribution is 2.31. The first-order valence-electron chi connectivity index (χ1n) is 5.98. The Bertz CT molecular complexity index is 543. The molecule has 0 bridgehead atoms. The van der Waals surface area contributed by atoms with Crippen molar-refractivity contribution in [2.75, 3.05) is 6.61 Å². The lowest BCUT2D eigenvalue weighted by molar-refractivity contribution is 0.106. The average molecular weight is 265 g/mol. The van der Waals surface area contributed by atoms with Gasteiger partial charge < -0.3 is 10.5 Å². The van der Waals surface area contributed by atoms with Crippen LogP contribution < -0.4 is 5.73 Å². The number of aromatic nitrogens is 4. The lowest BCUT2D eigenvalue weighted by Crippen LogP contribution is -2.10. The first kappa shape index (κ1) is 11.8. The molecule has 0 aromatic carbocycles. The summed E-state index contributed by atoms with van der Waals surface area (Å²) in [7, 11) is 0. The number of aryl methyl sites for hydroxylation is 1. The fourth-order valence-corrected chi connectivity index (χ4v) is 2.92. The Morgan fingerprint density at radius 1 is 1.61 bits per heavy atom. The van der Waals surface area contributed by atoms with Crippen molar-refractivity contribution >= 4 is 11.3 Å². The van der Waals surface area contributed by atoms with E-state index in [0.717, 1.165) is 41.7 Å². The number of rotatable bonds is 3. The van der Waals surface area contributed by atoms with Gasteiger partial charge in [0.25, 0.3) is 0 Å². The van der Waals surface area contributed by atoms with E-state index in [2.05, 4.69) is 15.3 Å². The van der Waals surface area contributed by atoms with Gasteiger partial charge in [-0.3, -0.25) is 0 Å². The van der Waals surface area contributed by atoms with E-state index in [9.17, 15) is 0 Å². The summed E-state index contributed by atoms with van der Waals surface area (Å²) in [6.45, 7) is 3.13. The molecule has 0 amide bonds. The molecule has 1 saturated heterocycles. The molecule has 1 fully saturated rings. The molecule has 0 saturated carbocycles. The monoisotopic (exact) mass is 265 g/mol. The molecule has 3 heterocycles. The highest BCUT2D eigenvalue weighted by molar-refractivity contribution is 7.12. The molecule has 2 aromatic heterocycles. The summed E-state index contributed by atoms with van der Waals surface area (Å²) >= 11 is 1.55. The predicted molar refractivity (Wildman–Crippen MR) is 67.6 cm³/mol. The number of nitrogens with zero attached hydrogens (tertiary/aromatic N) is 4. The number of hydrogen-bond acceptors (Lipinski definition) is 6. The second-order valence-corrected chi connectivity index (χ2v) is 5.15. The first-order chi connectivity index (χ1) is 8.79. The summed E-state index contributed by atoms with van der Waals surface area (Å²) in [5.41, 5.74) is 8.47. The average Bonchev–Trinajstić information content (AvgIpc) is 3.07. The molecule has 18 heavy (non-hydrogen) atoms. The van der Waals surface area contributed by atoms with Gasteiger partial charge in [-0.05, 0) is 19.8 Å². The van der Waals surface area contributed by atoms with Crippen LogP contribution in [0.5, 0.6) is 0 Å². The van der Waals surface area contributed by atoms with Crippen LogP contribution in [0, 0.1) is 6.92 Å². The van der Waals surface area contributed by atoms with Crippen molar-refractivity contribution in [1.29, 1.82) is 0 Å². The molecule has 3 rings (SSSR count). The Morgan fingerprint density at radius 2 is 2.50 bits per heavy atom. The molecular weight excluding hydrogens is 250 g/mol. The molecule has 96 valence electrons. The van der Waals surface area contributed by atoms with Crippen LogP contribution in [0.4, 0.5) is 0 Å². The van der Waals surface area contributed by atoms with Gasteiger partial charge in [-0.25, -0.2) is 4.98 Å². The van der Waals surface area contributed by atoms with Gasteiger partial charge in [0.1, 0.15) is 17.5 Å². The number of thiazole rings is 1. The Balaban J connectivity index is 2.06. The molecule has 1 aliphatic heterocycles. The van der Waals surface area contributed by atoms with E-state index in [1.54, 1.807) is 16.0 Å². The number of ether oxygens (including phenoxy) is 1. The zero-order valence-corrected chi connectivity index (χ0v) is 11.0. The van der Waals surface area contributed by atoms with Gasteiger partial charge in [0.05, 0.1) is 5.69 Å². The lowest BCUT2D eigenvalue weighted by atomic mass is 10.1. The summed E-state index contributed by atoms with van der Waals surface area (Å²) in [5.74, 6) is 0. The van der Waals surface area contributed by atoms with E-state index in [4.69, 9.17) is 10.5 Å². The predicted octanol–water partition coefficient (Wildman–Crippen LogP) is 1.34. The van der Waals surface area contributed by atoms with Gasteiger partial charge in [0.15, 0.2) is 0 Å². The molecular formula is C11H15N5OS. The van der Waals surface area contributed by atoms with Crippen molar-refractivity contribution in [2.24, 2.45) is 5.73 Å². The summed E-state index contributed by atoms with van der Waals surface area (Å²) in [6.07, 6.45) is 2.10. The van der Waals surface area contributed by atoms with Crippen LogP contribution in [-0.2, 0) is 11.3 Å². The Kier molecular flexibility index (Phi) is 3.11. The molecule has 1 unspecified atom stereocenters. The van der Waals surface area contributed by atoms with Crippen LogP contribution in [-0.4, -0.2) is 26.6 Å². The van der Waals surface area contributed by atoms with E-state index in [1.165, 1.54) is 0 Å². The quantitative estimate of drug-likeness (QED) is 0.906. The SMILES string of the molecule is Cc1csc(-n2nnc(CN)c2C2CCCO2)n1. The second kappa shape index (κ2) is 4.75. The summed E-state index contributed by atoms with van der Waals surface area (Å²) in [4.78, 5) is 4.44. The third kappa shape index (κ3) is 1.94. The van der Waals surface area contributed by atoms with Gasteiger partial charge >= 0.3 is 0 Å². The summed E-state index contributed by atoms with van der Waals surface area (Å²) in [5, 5.41) is 11.1. The largest absolute Gasteiger partial charge is 0.372 e. The van der Waals surface area contributed by atoms with Crippen molar-refractivity contribution < 1.29 is 4.74 Å². The maximum Gasteiger partial charge on any atom is 0.212 e. The number of hydrogen-bond donors (Lipinski definition) is 1. The second-order valence-electron chi connectivity index (χ2n) is 4.31. The van der Waals surface area contributed by atoms with E-state index in [1.807, 2.05) is 12.3 Å². The third-order valence-corrected chi connectivity index (χ3v) is 3.93. The Hall–Kier alpha value is -1.31. The fraction of sp³-hybridized carbons (Fsp3) is 0.545. The Labute approximate surface area is 109 Å². The van der Waals surface area contributed by atoms with Crippen molar-refractivity contribution in [3.63, 3.8) is 0 Å². The molecule has 0 spiro atoms. The molecule has 0 aliphatic carbocycles. The molecule has 2 N–H and O–H groups in total. The summed E-state index contributed by atoms with van der Waals surface area (Å²) in [6, 6.07) is 0. The van der Waals surface area contributed by atoms with Crippen molar-refractivity contribution in [2.45, 2.75) is 32.4 Å². The van der Waals surface area contributed by atoms with Crippen LogP contribution in [0.2, 0.25) is 0 Å². The minimum Gasteiger partial charge on any atom is -0.372 e. The normalized spacial score (nSPS) is 19.6. The molecule has 2 aromatic rings. The minimum atomic E-state index is 0.0442. The van der Waals surface area contributed by atoms with Gasteiger partial charge in [-0.2, -0.15) is 4.68 Å². The highest BCUT2D eigenvalue weighted by atomic mass is 32.1. The third-order valence-electron chi connectivity index (χ3n) is 2.99. The molecule has 0 radical (unpaired) electrons. The lowest BCUT2D eigenvalue weighted by Gasteiger charge is -2.11. The van der Waals surface area contributed by atoms with E-state index in [0.29, 0.717) is 6.54 Å². The van der Waals surface area contributed by atoms with Crippen molar-refractivity contribution in [1.82, 2.24) is 20.0 Å².